The second-order valence-corrected chi connectivity index (χ2v) is 6.13. The lowest BCUT2D eigenvalue weighted by Crippen LogP contribution is -2.45. The first kappa shape index (κ1) is 15.6. The molecule has 0 saturated heterocycles. The van der Waals surface area contributed by atoms with Crippen molar-refractivity contribution in [2.45, 2.75) is 44.6 Å². The maximum Gasteiger partial charge on any atom is 0.295 e. The van der Waals surface area contributed by atoms with E-state index < -0.39 is 11.5 Å². The number of benzene rings is 1. The Labute approximate surface area is 134 Å². The van der Waals surface area contributed by atoms with E-state index in [0.29, 0.717) is 24.2 Å². The van der Waals surface area contributed by atoms with Crippen molar-refractivity contribution in [2.24, 2.45) is 0 Å². The van der Waals surface area contributed by atoms with Crippen LogP contribution in [0.25, 0.3) is 5.69 Å². The molecule has 1 aromatic carbocycles. The summed E-state index contributed by atoms with van der Waals surface area (Å²) in [6.45, 7) is 1.72. The summed E-state index contributed by atoms with van der Waals surface area (Å²) >= 11 is 0. The number of nitrogens with zero attached hydrogens (tertiary/aromatic N) is 1. The van der Waals surface area contributed by atoms with Gasteiger partial charge >= 0.3 is 0 Å². The van der Waals surface area contributed by atoms with Crippen molar-refractivity contribution in [3.63, 3.8) is 0 Å². The van der Waals surface area contributed by atoms with Crippen molar-refractivity contribution in [1.29, 1.82) is 0 Å². The number of hydrogen-bond acceptors (Lipinski definition) is 3. The van der Waals surface area contributed by atoms with Gasteiger partial charge in [-0.1, -0.05) is 37.5 Å². The van der Waals surface area contributed by atoms with Crippen LogP contribution in [0.1, 0.15) is 37.8 Å². The Balaban J connectivity index is 1.88. The highest BCUT2D eigenvalue weighted by atomic mass is 16.3. The minimum atomic E-state index is -1.37. The molecule has 0 aliphatic heterocycles. The molecule has 0 unspecified atom stereocenters. The third-order valence-corrected chi connectivity index (χ3v) is 4.43. The van der Waals surface area contributed by atoms with Crippen LogP contribution in [-0.4, -0.2) is 26.4 Å². The summed E-state index contributed by atoms with van der Waals surface area (Å²) in [6.07, 6.45) is 3.55. The van der Waals surface area contributed by atoms with Crippen LogP contribution in [0, 0.1) is 6.92 Å². The lowest BCUT2D eigenvalue weighted by molar-refractivity contribution is -0.137. The molecule has 6 heteroatoms. The first-order valence-corrected chi connectivity index (χ1v) is 7.92. The number of rotatable bonds is 3. The van der Waals surface area contributed by atoms with Gasteiger partial charge in [-0.25, -0.2) is 4.68 Å². The normalized spacial score (nSPS) is 17.0. The summed E-state index contributed by atoms with van der Waals surface area (Å²) in [5.41, 5.74) is -0.255. The van der Waals surface area contributed by atoms with Gasteiger partial charge < -0.3 is 10.4 Å². The second kappa shape index (κ2) is 6.04. The highest BCUT2D eigenvalue weighted by Crippen LogP contribution is 2.29. The van der Waals surface area contributed by atoms with E-state index >= 15 is 0 Å². The number of anilines is 1. The largest absolute Gasteiger partial charge is 0.380 e. The zero-order chi connectivity index (χ0) is 16.4. The van der Waals surface area contributed by atoms with E-state index in [1.807, 2.05) is 18.2 Å². The fourth-order valence-electron chi connectivity index (χ4n) is 3.05. The molecule has 0 bridgehead atoms. The number of carbonyl (C=O) groups is 1. The molecule has 23 heavy (non-hydrogen) atoms. The van der Waals surface area contributed by atoms with Gasteiger partial charge in [0.1, 0.15) is 11.3 Å². The number of aryl methyl sites for hydroxylation is 1. The molecule has 0 radical (unpaired) electrons. The summed E-state index contributed by atoms with van der Waals surface area (Å²) in [5, 5.41) is 16.1. The first-order chi connectivity index (χ1) is 11.0. The van der Waals surface area contributed by atoms with Gasteiger partial charge in [-0.2, -0.15) is 0 Å². The third-order valence-electron chi connectivity index (χ3n) is 4.43. The average Bonchev–Trinajstić information content (AvgIpc) is 2.84. The van der Waals surface area contributed by atoms with Crippen molar-refractivity contribution in [3.8, 4) is 5.69 Å². The van der Waals surface area contributed by atoms with Gasteiger partial charge in [0.2, 0.25) is 0 Å². The van der Waals surface area contributed by atoms with Crippen LogP contribution in [-0.2, 0) is 4.79 Å². The molecule has 1 saturated carbocycles. The predicted molar refractivity (Wildman–Crippen MR) is 87.8 cm³/mol. The molecule has 2 aromatic rings. The molecule has 6 nitrogen and oxygen atoms in total. The third kappa shape index (κ3) is 2.94. The van der Waals surface area contributed by atoms with Crippen molar-refractivity contribution in [3.05, 3.63) is 46.4 Å². The number of amides is 1. The van der Waals surface area contributed by atoms with Crippen molar-refractivity contribution >= 4 is 11.6 Å². The van der Waals surface area contributed by atoms with E-state index in [1.165, 1.54) is 4.68 Å². The van der Waals surface area contributed by atoms with Gasteiger partial charge in [0, 0.05) is 0 Å². The number of nitrogens with one attached hydrogen (secondary N) is 2. The number of aromatic nitrogens is 2. The number of para-hydroxylation sites is 1. The molecule has 1 fully saturated rings. The smallest absolute Gasteiger partial charge is 0.295 e. The summed E-state index contributed by atoms with van der Waals surface area (Å²) in [7, 11) is 0. The Morgan fingerprint density at radius 1 is 1.22 bits per heavy atom. The van der Waals surface area contributed by atoms with Crippen LogP contribution in [0.3, 0.4) is 0 Å². The summed E-state index contributed by atoms with van der Waals surface area (Å²) in [5.74, 6) is -0.489. The Hall–Kier alpha value is -2.34. The van der Waals surface area contributed by atoms with Gasteiger partial charge in [0.25, 0.3) is 11.5 Å². The molecular weight excluding hydrogens is 294 g/mol. The molecule has 1 aromatic heterocycles. The minimum Gasteiger partial charge on any atom is -0.380 e. The molecule has 1 aliphatic rings. The summed E-state index contributed by atoms with van der Waals surface area (Å²) in [6, 6.07) is 9.14. The van der Waals surface area contributed by atoms with Gasteiger partial charge in [-0.3, -0.25) is 14.7 Å². The highest BCUT2D eigenvalue weighted by Gasteiger charge is 2.37. The molecule has 1 aliphatic carbocycles. The van der Waals surface area contributed by atoms with Crippen molar-refractivity contribution in [2.75, 3.05) is 5.32 Å². The predicted octanol–water partition coefficient (Wildman–Crippen LogP) is 2.11. The number of aromatic amines is 1. The standard InChI is InChI=1S/C17H21N3O3/c1-12-14(18-16(22)17(23)10-6-3-7-11-17)15(21)20(19-12)13-8-4-2-5-9-13/h2,4-5,8-9,19,23H,3,6-7,10-11H2,1H3,(H,18,22). The number of hydrogen-bond donors (Lipinski definition) is 3. The van der Waals surface area contributed by atoms with E-state index in [-0.39, 0.29) is 11.2 Å². The van der Waals surface area contributed by atoms with Crippen LogP contribution < -0.4 is 10.9 Å². The minimum absolute atomic E-state index is 0.192. The Kier molecular flexibility index (Phi) is 4.09. The van der Waals surface area contributed by atoms with E-state index in [9.17, 15) is 14.7 Å². The molecule has 3 rings (SSSR count). The first-order valence-electron chi connectivity index (χ1n) is 7.92. The molecule has 3 N–H and O–H groups in total. The zero-order valence-corrected chi connectivity index (χ0v) is 13.1. The Bertz CT molecular complexity index is 755. The quantitative estimate of drug-likeness (QED) is 0.810. The molecule has 0 atom stereocenters. The van der Waals surface area contributed by atoms with E-state index in [4.69, 9.17) is 0 Å². The van der Waals surface area contributed by atoms with Gasteiger partial charge in [0.05, 0.1) is 11.4 Å². The Morgan fingerprint density at radius 3 is 2.52 bits per heavy atom. The van der Waals surface area contributed by atoms with Crippen molar-refractivity contribution < 1.29 is 9.90 Å². The molecule has 1 amide bonds. The SMILES string of the molecule is Cc1[nH]n(-c2ccccc2)c(=O)c1NC(=O)C1(O)CCCCC1. The number of H-pyrrole nitrogens is 1. The zero-order valence-electron chi connectivity index (χ0n) is 13.1. The maximum absolute atomic E-state index is 12.5. The van der Waals surface area contributed by atoms with Gasteiger partial charge in [0.15, 0.2) is 0 Å². The van der Waals surface area contributed by atoms with Crippen LogP contribution in [0.2, 0.25) is 0 Å². The summed E-state index contributed by atoms with van der Waals surface area (Å²) in [4.78, 5) is 25.0. The average molecular weight is 315 g/mol. The van der Waals surface area contributed by atoms with Crippen molar-refractivity contribution in [1.82, 2.24) is 9.78 Å². The lowest BCUT2D eigenvalue weighted by Gasteiger charge is -2.30. The van der Waals surface area contributed by atoms with E-state index in [0.717, 1.165) is 19.3 Å². The van der Waals surface area contributed by atoms with Crippen LogP contribution in [0.4, 0.5) is 5.69 Å². The van der Waals surface area contributed by atoms with E-state index in [2.05, 4.69) is 10.4 Å². The van der Waals surface area contributed by atoms with Crippen LogP contribution >= 0.6 is 0 Å². The maximum atomic E-state index is 12.5. The van der Waals surface area contributed by atoms with Gasteiger partial charge in [-0.05, 0) is 31.9 Å². The molecule has 122 valence electrons. The van der Waals surface area contributed by atoms with E-state index in [1.54, 1.807) is 19.1 Å². The Morgan fingerprint density at radius 2 is 1.87 bits per heavy atom. The molecule has 1 heterocycles. The fraction of sp³-hybridized carbons (Fsp3) is 0.412. The topological polar surface area (TPSA) is 87.1 Å². The highest BCUT2D eigenvalue weighted by molar-refractivity contribution is 5.97. The molecular formula is C17H21N3O3. The summed E-state index contributed by atoms with van der Waals surface area (Å²) < 4.78 is 1.38. The van der Waals surface area contributed by atoms with Crippen LogP contribution in [0.15, 0.2) is 35.1 Å². The second-order valence-electron chi connectivity index (χ2n) is 6.13. The number of aliphatic hydroxyl groups is 1. The monoisotopic (exact) mass is 315 g/mol. The lowest BCUT2D eigenvalue weighted by atomic mass is 9.84. The van der Waals surface area contributed by atoms with Gasteiger partial charge in [-0.15, -0.1) is 0 Å². The molecule has 0 spiro atoms. The van der Waals surface area contributed by atoms with Crippen LogP contribution in [0.5, 0.6) is 0 Å². The number of carbonyl (C=O) groups excluding carboxylic acids is 1. The fourth-order valence-corrected chi connectivity index (χ4v) is 3.05.